The number of carbonyl (C=O) groups excluding carboxylic acids is 2. The summed E-state index contributed by atoms with van der Waals surface area (Å²) in [6.07, 6.45) is 22.7. The minimum absolute atomic E-state index is 0.0552. The number of rotatable bonds is 21. The summed E-state index contributed by atoms with van der Waals surface area (Å²) in [4.78, 5) is 32.0. The van der Waals surface area contributed by atoms with Gasteiger partial charge in [-0.2, -0.15) is 0 Å². The van der Waals surface area contributed by atoms with E-state index in [-0.39, 0.29) is 25.7 Å². The SMILES string of the molecule is CC/C=C\C/C=C\C/C=C\C/C=C\CCCCC(=O)NCCOP(=O)(O)OCC(O)COC(C)=O. The maximum Gasteiger partial charge on any atom is 0.472 e. The van der Waals surface area contributed by atoms with Crippen molar-refractivity contribution in [2.24, 2.45) is 0 Å². The van der Waals surface area contributed by atoms with Crippen molar-refractivity contribution in [2.75, 3.05) is 26.4 Å². The number of hydrogen-bond acceptors (Lipinski definition) is 7. The van der Waals surface area contributed by atoms with Gasteiger partial charge in [-0.1, -0.05) is 55.5 Å². The van der Waals surface area contributed by atoms with E-state index < -0.39 is 26.5 Å². The van der Waals surface area contributed by atoms with Gasteiger partial charge in [-0.25, -0.2) is 4.57 Å². The molecule has 1 amide bonds. The fourth-order valence-corrected chi connectivity index (χ4v) is 3.32. The Balaban J connectivity index is 3.69. The van der Waals surface area contributed by atoms with E-state index in [1.807, 2.05) is 0 Å². The molecule has 0 aliphatic carbocycles. The first-order chi connectivity index (χ1) is 16.8. The molecular weight excluding hydrogens is 473 g/mol. The molecule has 2 unspecified atom stereocenters. The summed E-state index contributed by atoms with van der Waals surface area (Å²) in [5.41, 5.74) is 0. The zero-order valence-corrected chi connectivity index (χ0v) is 21.9. The van der Waals surface area contributed by atoms with Gasteiger partial charge >= 0.3 is 13.8 Å². The van der Waals surface area contributed by atoms with Gasteiger partial charge in [0, 0.05) is 19.9 Å². The third-order valence-corrected chi connectivity index (χ3v) is 5.32. The summed E-state index contributed by atoms with van der Waals surface area (Å²) >= 11 is 0. The van der Waals surface area contributed by atoms with Crippen molar-refractivity contribution in [3.63, 3.8) is 0 Å². The first-order valence-electron chi connectivity index (χ1n) is 12.1. The number of phosphoric ester groups is 1. The molecule has 0 radical (unpaired) electrons. The first kappa shape index (κ1) is 33.0. The lowest BCUT2D eigenvalue weighted by molar-refractivity contribution is -0.144. The minimum atomic E-state index is -4.38. The zero-order valence-electron chi connectivity index (χ0n) is 21.0. The maximum atomic E-state index is 11.8. The first-order valence-corrected chi connectivity index (χ1v) is 13.6. The average Bonchev–Trinajstić information content (AvgIpc) is 2.81. The van der Waals surface area contributed by atoms with Crippen molar-refractivity contribution in [2.45, 2.75) is 71.3 Å². The molecule has 200 valence electrons. The standard InChI is InChI=1S/C25H42NO8P/c1-3-4-5-6-7-8-9-10-11-12-13-14-15-16-17-18-25(29)26-19-20-33-35(30,31)34-22-24(28)21-32-23(2)27/h4-5,7-8,10-11,13-14,24,28H,3,6,9,12,15-22H2,1-2H3,(H,26,29)(H,30,31)/b5-4-,8-7-,11-10-,14-13-. The molecule has 0 rings (SSSR count). The summed E-state index contributed by atoms with van der Waals surface area (Å²) in [5.74, 6) is -0.748. The second kappa shape index (κ2) is 22.4. The molecule has 10 heteroatoms. The summed E-state index contributed by atoms with van der Waals surface area (Å²) in [7, 11) is -4.38. The summed E-state index contributed by atoms with van der Waals surface area (Å²) in [6, 6.07) is 0. The molecule has 0 aromatic rings. The number of phosphoric acid groups is 1. The van der Waals surface area contributed by atoms with E-state index in [9.17, 15) is 24.2 Å². The lowest BCUT2D eigenvalue weighted by Gasteiger charge is -2.15. The lowest BCUT2D eigenvalue weighted by atomic mass is 10.1. The Hall–Kier alpha value is -2.03. The highest BCUT2D eigenvalue weighted by Gasteiger charge is 2.23. The molecular formula is C25H42NO8P. The van der Waals surface area contributed by atoms with Gasteiger partial charge in [-0.3, -0.25) is 18.6 Å². The van der Waals surface area contributed by atoms with E-state index >= 15 is 0 Å². The van der Waals surface area contributed by atoms with Crippen LogP contribution >= 0.6 is 7.82 Å². The Morgan fingerprint density at radius 2 is 1.51 bits per heavy atom. The fourth-order valence-electron chi connectivity index (χ4n) is 2.56. The Morgan fingerprint density at radius 3 is 2.11 bits per heavy atom. The van der Waals surface area contributed by atoms with Gasteiger partial charge in [0.2, 0.25) is 5.91 Å². The van der Waals surface area contributed by atoms with Gasteiger partial charge in [-0.05, 0) is 44.9 Å². The lowest BCUT2D eigenvalue weighted by Crippen LogP contribution is -2.27. The number of unbranched alkanes of at least 4 members (excludes halogenated alkanes) is 2. The molecule has 0 fully saturated rings. The molecule has 0 saturated carbocycles. The molecule has 3 N–H and O–H groups in total. The van der Waals surface area contributed by atoms with Gasteiger partial charge < -0.3 is 20.1 Å². The van der Waals surface area contributed by atoms with Gasteiger partial charge in [0.1, 0.15) is 12.7 Å². The molecule has 9 nitrogen and oxygen atoms in total. The number of allylic oxidation sites excluding steroid dienone is 8. The van der Waals surface area contributed by atoms with Gasteiger partial charge in [0.05, 0.1) is 13.2 Å². The Bertz CT molecular complexity index is 733. The monoisotopic (exact) mass is 515 g/mol. The average molecular weight is 516 g/mol. The molecule has 0 aromatic heterocycles. The maximum absolute atomic E-state index is 11.8. The van der Waals surface area contributed by atoms with Crippen molar-refractivity contribution in [1.82, 2.24) is 5.32 Å². The summed E-state index contributed by atoms with van der Waals surface area (Å²) < 4.78 is 25.6. The topological polar surface area (TPSA) is 131 Å². The highest BCUT2D eigenvalue weighted by molar-refractivity contribution is 7.47. The van der Waals surface area contributed by atoms with E-state index in [1.165, 1.54) is 6.92 Å². The second-order valence-corrected chi connectivity index (χ2v) is 9.10. The van der Waals surface area contributed by atoms with Crippen LogP contribution in [-0.2, 0) is 27.9 Å². The quantitative estimate of drug-likeness (QED) is 0.0880. The zero-order chi connectivity index (χ0) is 26.2. The summed E-state index contributed by atoms with van der Waals surface area (Å²) in [6.45, 7) is 2.24. The van der Waals surface area contributed by atoms with Crippen molar-refractivity contribution >= 4 is 19.7 Å². The Kier molecular flexibility index (Phi) is 21.1. The van der Waals surface area contributed by atoms with E-state index in [0.29, 0.717) is 6.42 Å². The van der Waals surface area contributed by atoms with E-state index in [2.05, 4.69) is 70.1 Å². The van der Waals surface area contributed by atoms with Crippen LogP contribution in [0.15, 0.2) is 48.6 Å². The number of amides is 1. The number of esters is 1. The largest absolute Gasteiger partial charge is 0.472 e. The van der Waals surface area contributed by atoms with Crippen LogP contribution in [0.4, 0.5) is 0 Å². The van der Waals surface area contributed by atoms with Crippen LogP contribution in [0, 0.1) is 0 Å². The van der Waals surface area contributed by atoms with Gasteiger partial charge in [0.15, 0.2) is 0 Å². The molecule has 0 heterocycles. The van der Waals surface area contributed by atoms with Crippen LogP contribution in [0.2, 0.25) is 0 Å². The number of nitrogens with one attached hydrogen (secondary N) is 1. The van der Waals surface area contributed by atoms with Crippen LogP contribution in [-0.4, -0.2) is 54.3 Å². The van der Waals surface area contributed by atoms with Crippen molar-refractivity contribution < 1.29 is 37.9 Å². The Labute approximate surface area is 209 Å². The number of carbonyl (C=O) groups is 2. The fraction of sp³-hybridized carbons (Fsp3) is 0.600. The van der Waals surface area contributed by atoms with E-state index in [1.54, 1.807) is 0 Å². The highest BCUT2D eigenvalue weighted by Crippen LogP contribution is 2.42. The van der Waals surface area contributed by atoms with Crippen LogP contribution in [0.1, 0.15) is 65.2 Å². The third kappa shape index (κ3) is 24.9. The highest BCUT2D eigenvalue weighted by atomic mass is 31.2. The van der Waals surface area contributed by atoms with E-state index in [4.69, 9.17) is 4.52 Å². The van der Waals surface area contributed by atoms with Gasteiger partial charge in [-0.15, -0.1) is 0 Å². The number of aliphatic hydroxyl groups excluding tert-OH is 1. The van der Waals surface area contributed by atoms with Crippen LogP contribution in [0.3, 0.4) is 0 Å². The van der Waals surface area contributed by atoms with Crippen molar-refractivity contribution in [3.8, 4) is 0 Å². The van der Waals surface area contributed by atoms with Crippen LogP contribution < -0.4 is 5.32 Å². The molecule has 0 spiro atoms. The molecule has 0 aliphatic heterocycles. The summed E-state index contributed by atoms with van der Waals surface area (Å²) in [5, 5.41) is 12.1. The number of ether oxygens (including phenoxy) is 1. The van der Waals surface area contributed by atoms with Crippen LogP contribution in [0.25, 0.3) is 0 Å². The predicted octanol–water partition coefficient (Wildman–Crippen LogP) is 4.53. The molecule has 0 aliphatic rings. The molecule has 0 aromatic carbocycles. The molecule has 2 atom stereocenters. The predicted molar refractivity (Wildman–Crippen MR) is 137 cm³/mol. The number of aliphatic hydroxyl groups is 1. The Morgan fingerprint density at radius 1 is 0.914 bits per heavy atom. The molecule has 0 bridgehead atoms. The molecule has 0 saturated heterocycles. The smallest absolute Gasteiger partial charge is 0.463 e. The normalized spacial score (nSPS) is 14.7. The third-order valence-electron chi connectivity index (χ3n) is 4.33. The number of hydrogen-bond donors (Lipinski definition) is 3. The van der Waals surface area contributed by atoms with Crippen molar-refractivity contribution in [3.05, 3.63) is 48.6 Å². The molecule has 35 heavy (non-hydrogen) atoms. The minimum Gasteiger partial charge on any atom is -0.463 e. The van der Waals surface area contributed by atoms with Gasteiger partial charge in [0.25, 0.3) is 0 Å². The van der Waals surface area contributed by atoms with E-state index in [0.717, 1.165) is 44.9 Å². The second-order valence-electron chi connectivity index (χ2n) is 7.65. The van der Waals surface area contributed by atoms with Crippen LogP contribution in [0.5, 0.6) is 0 Å². The van der Waals surface area contributed by atoms with Crippen molar-refractivity contribution in [1.29, 1.82) is 0 Å².